The molecule has 0 nitrogen and oxygen atoms in total. The van der Waals surface area contributed by atoms with Crippen molar-refractivity contribution in [3.8, 4) is 0 Å². The summed E-state index contributed by atoms with van der Waals surface area (Å²) in [4.78, 5) is 0. The van der Waals surface area contributed by atoms with Crippen LogP contribution in [-0.4, -0.2) is 5.88 Å². The van der Waals surface area contributed by atoms with Gasteiger partial charge in [0.2, 0.25) is 0 Å². The zero-order valence-corrected chi connectivity index (χ0v) is 7.11. The molecule has 0 aliphatic carbocycles. The minimum atomic E-state index is -0.166. The molecule has 1 rings (SSSR count). The Bertz CT molecular complexity index is 235. The van der Waals surface area contributed by atoms with Crippen molar-refractivity contribution in [2.24, 2.45) is 0 Å². The fraction of sp³-hybridized carbons (Fsp3) is 0.333. The van der Waals surface area contributed by atoms with E-state index >= 15 is 0 Å². The third-order valence-corrected chi connectivity index (χ3v) is 2.13. The molecule has 60 valence electrons. The molecule has 1 unspecified atom stereocenters. The topological polar surface area (TPSA) is 0 Å². The Morgan fingerprint density at radius 2 is 2.09 bits per heavy atom. The molecule has 0 fully saturated rings. The molecule has 0 aromatic heterocycles. The third kappa shape index (κ3) is 1.93. The molecule has 0 saturated heterocycles. The van der Waals surface area contributed by atoms with Crippen molar-refractivity contribution in [3.05, 3.63) is 35.6 Å². The molecular weight excluding hydrogens is 163 g/mol. The van der Waals surface area contributed by atoms with Crippen LogP contribution in [-0.2, 0) is 0 Å². The lowest BCUT2D eigenvalue weighted by Gasteiger charge is -2.07. The molecular formula is C9H10ClF. The number of alkyl halides is 1. The molecule has 1 atom stereocenters. The van der Waals surface area contributed by atoms with Gasteiger partial charge in [0.25, 0.3) is 0 Å². The van der Waals surface area contributed by atoms with Gasteiger partial charge in [-0.1, -0.05) is 25.1 Å². The van der Waals surface area contributed by atoms with Gasteiger partial charge in [-0.3, -0.25) is 0 Å². The Balaban J connectivity index is 2.93. The van der Waals surface area contributed by atoms with Gasteiger partial charge in [0, 0.05) is 5.88 Å². The Labute approximate surface area is 71.0 Å². The van der Waals surface area contributed by atoms with Crippen molar-refractivity contribution in [1.29, 1.82) is 0 Å². The second kappa shape index (κ2) is 3.72. The summed E-state index contributed by atoms with van der Waals surface area (Å²) in [5.74, 6) is 0.388. The fourth-order valence-electron chi connectivity index (χ4n) is 0.958. The van der Waals surface area contributed by atoms with E-state index in [1.807, 2.05) is 13.0 Å². The second-order valence-corrected chi connectivity index (χ2v) is 2.89. The monoisotopic (exact) mass is 172 g/mol. The van der Waals surface area contributed by atoms with E-state index in [1.54, 1.807) is 12.1 Å². The molecule has 1 aromatic carbocycles. The van der Waals surface area contributed by atoms with Crippen LogP contribution in [0.5, 0.6) is 0 Å². The molecule has 2 heteroatoms. The smallest absolute Gasteiger partial charge is 0.126 e. The molecule has 0 radical (unpaired) electrons. The summed E-state index contributed by atoms with van der Waals surface area (Å²) in [6, 6.07) is 6.72. The van der Waals surface area contributed by atoms with Crippen molar-refractivity contribution in [3.63, 3.8) is 0 Å². The maximum absolute atomic E-state index is 13.0. The first-order valence-corrected chi connectivity index (χ1v) is 4.09. The summed E-state index contributed by atoms with van der Waals surface area (Å²) >= 11 is 5.59. The Morgan fingerprint density at radius 3 is 2.64 bits per heavy atom. The normalized spacial score (nSPS) is 13.0. The van der Waals surface area contributed by atoms with Gasteiger partial charge in [-0.05, 0) is 17.5 Å². The van der Waals surface area contributed by atoms with Crippen molar-refractivity contribution >= 4 is 11.6 Å². The number of halogens is 2. The van der Waals surface area contributed by atoms with E-state index in [0.717, 1.165) is 0 Å². The van der Waals surface area contributed by atoms with Gasteiger partial charge in [0.1, 0.15) is 5.82 Å². The molecule has 11 heavy (non-hydrogen) atoms. The molecule has 0 heterocycles. The minimum Gasteiger partial charge on any atom is -0.207 e. The largest absolute Gasteiger partial charge is 0.207 e. The Morgan fingerprint density at radius 1 is 1.45 bits per heavy atom. The van der Waals surface area contributed by atoms with E-state index < -0.39 is 0 Å². The van der Waals surface area contributed by atoms with Crippen molar-refractivity contribution < 1.29 is 4.39 Å². The summed E-state index contributed by atoms with van der Waals surface area (Å²) in [5, 5.41) is 0. The van der Waals surface area contributed by atoms with Crippen LogP contribution in [0.25, 0.3) is 0 Å². The maximum Gasteiger partial charge on any atom is 0.126 e. The molecule has 0 amide bonds. The van der Waals surface area contributed by atoms with Crippen LogP contribution >= 0.6 is 11.6 Å². The Hall–Kier alpha value is -0.560. The van der Waals surface area contributed by atoms with Crippen LogP contribution in [0.15, 0.2) is 24.3 Å². The van der Waals surface area contributed by atoms with E-state index in [9.17, 15) is 4.39 Å². The fourth-order valence-corrected chi connectivity index (χ4v) is 1.12. The highest BCUT2D eigenvalue weighted by atomic mass is 35.5. The third-order valence-electron chi connectivity index (χ3n) is 1.67. The van der Waals surface area contributed by atoms with Crippen LogP contribution in [0.4, 0.5) is 4.39 Å². The zero-order valence-electron chi connectivity index (χ0n) is 6.35. The number of benzene rings is 1. The summed E-state index contributed by atoms with van der Waals surface area (Å²) < 4.78 is 13.0. The number of rotatable bonds is 2. The van der Waals surface area contributed by atoms with Crippen molar-refractivity contribution in [2.45, 2.75) is 12.8 Å². The quantitative estimate of drug-likeness (QED) is 0.602. The molecule has 0 saturated carbocycles. The molecule has 0 bridgehead atoms. The highest BCUT2D eigenvalue weighted by Crippen LogP contribution is 2.19. The van der Waals surface area contributed by atoms with Crippen LogP contribution in [0.1, 0.15) is 18.4 Å². The number of hydrogen-bond donors (Lipinski definition) is 0. The van der Waals surface area contributed by atoms with E-state index in [4.69, 9.17) is 11.6 Å². The van der Waals surface area contributed by atoms with Gasteiger partial charge >= 0.3 is 0 Å². The van der Waals surface area contributed by atoms with Crippen molar-refractivity contribution in [2.75, 3.05) is 5.88 Å². The summed E-state index contributed by atoms with van der Waals surface area (Å²) in [5.41, 5.74) is 0.697. The first kappa shape index (κ1) is 8.54. The lowest BCUT2D eigenvalue weighted by molar-refractivity contribution is 0.599. The van der Waals surface area contributed by atoms with Gasteiger partial charge in [-0.25, -0.2) is 4.39 Å². The standard InChI is InChI=1S/C9H10ClF/c1-7(6-10)8-4-2-3-5-9(8)11/h2-5,7H,6H2,1H3. The van der Waals surface area contributed by atoms with E-state index in [-0.39, 0.29) is 11.7 Å². The predicted octanol–water partition coefficient (Wildman–Crippen LogP) is 3.17. The molecule has 0 aliphatic heterocycles. The van der Waals surface area contributed by atoms with Gasteiger partial charge in [-0.15, -0.1) is 11.6 Å². The SMILES string of the molecule is CC(CCl)c1ccccc1F. The van der Waals surface area contributed by atoms with Crippen molar-refractivity contribution in [1.82, 2.24) is 0 Å². The highest BCUT2D eigenvalue weighted by molar-refractivity contribution is 6.18. The lowest BCUT2D eigenvalue weighted by Crippen LogP contribution is -1.97. The summed E-state index contributed by atoms with van der Waals surface area (Å²) in [6.07, 6.45) is 0. The van der Waals surface area contributed by atoms with Gasteiger partial charge < -0.3 is 0 Å². The van der Waals surface area contributed by atoms with Crippen LogP contribution in [0.3, 0.4) is 0 Å². The summed E-state index contributed by atoms with van der Waals surface area (Å²) in [7, 11) is 0. The molecule has 0 aliphatic rings. The van der Waals surface area contributed by atoms with Crippen LogP contribution < -0.4 is 0 Å². The number of hydrogen-bond acceptors (Lipinski definition) is 0. The van der Waals surface area contributed by atoms with Crippen LogP contribution in [0.2, 0.25) is 0 Å². The average Bonchev–Trinajstić information content (AvgIpc) is 2.04. The van der Waals surface area contributed by atoms with E-state index in [1.165, 1.54) is 6.07 Å². The maximum atomic E-state index is 13.0. The highest BCUT2D eigenvalue weighted by Gasteiger charge is 2.07. The Kier molecular flexibility index (Phi) is 2.89. The molecule has 0 spiro atoms. The lowest BCUT2D eigenvalue weighted by atomic mass is 10.0. The predicted molar refractivity (Wildman–Crippen MR) is 45.5 cm³/mol. The van der Waals surface area contributed by atoms with E-state index in [0.29, 0.717) is 11.4 Å². The first-order valence-electron chi connectivity index (χ1n) is 3.56. The molecule has 1 aromatic rings. The molecule has 0 N–H and O–H groups in total. The minimum absolute atomic E-state index is 0.0952. The van der Waals surface area contributed by atoms with Gasteiger partial charge in [0.05, 0.1) is 0 Å². The van der Waals surface area contributed by atoms with Gasteiger partial charge in [0.15, 0.2) is 0 Å². The average molecular weight is 173 g/mol. The van der Waals surface area contributed by atoms with E-state index in [2.05, 4.69) is 0 Å². The first-order chi connectivity index (χ1) is 5.25. The zero-order chi connectivity index (χ0) is 8.27. The summed E-state index contributed by atoms with van der Waals surface area (Å²) in [6.45, 7) is 1.91. The van der Waals surface area contributed by atoms with Crippen LogP contribution in [0, 0.1) is 5.82 Å². The second-order valence-electron chi connectivity index (χ2n) is 2.58. The van der Waals surface area contributed by atoms with Gasteiger partial charge in [-0.2, -0.15) is 0 Å².